The van der Waals surface area contributed by atoms with Gasteiger partial charge in [-0.15, -0.1) is 0 Å². The Hall–Kier alpha value is -1.67. The molecular weight excluding hydrogens is 282 g/mol. The highest BCUT2D eigenvalue weighted by Gasteiger charge is 2.38. The van der Waals surface area contributed by atoms with Crippen LogP contribution in [0.15, 0.2) is 29.4 Å². The molecule has 1 aromatic carbocycles. The van der Waals surface area contributed by atoms with Gasteiger partial charge in [0, 0.05) is 5.56 Å². The molecule has 110 valence electrons. The topological polar surface area (TPSA) is 40.0 Å². The molecule has 0 bridgehead atoms. The fourth-order valence-electron chi connectivity index (χ4n) is 1.54. The van der Waals surface area contributed by atoms with Crippen molar-refractivity contribution in [2.45, 2.75) is 12.5 Å². The third kappa shape index (κ3) is 3.91. The van der Waals surface area contributed by atoms with E-state index in [1.807, 2.05) is 0 Å². The van der Waals surface area contributed by atoms with Crippen molar-refractivity contribution in [1.82, 2.24) is 0 Å². The molecule has 0 radical (unpaired) electrons. The molecule has 20 heavy (non-hydrogen) atoms. The maximum absolute atomic E-state index is 12.8. The lowest BCUT2D eigenvalue weighted by Gasteiger charge is -2.12. The van der Waals surface area contributed by atoms with Crippen LogP contribution >= 0.6 is 0 Å². The summed E-state index contributed by atoms with van der Waals surface area (Å²) in [7, 11) is 0. The molecule has 0 spiro atoms. The van der Waals surface area contributed by atoms with Crippen molar-refractivity contribution in [3.63, 3.8) is 0 Å². The van der Waals surface area contributed by atoms with Crippen molar-refractivity contribution in [2.75, 3.05) is 19.8 Å². The standard InChI is InChI=1S/C12H11F4NO3/c13-9-3-1-8(2-4-9)11(12(14,15)16)17-20-7-10-18-5-6-19-10/h1-4,10H,5-7H2/b17-11+. The van der Waals surface area contributed by atoms with Gasteiger partial charge in [0.25, 0.3) is 0 Å². The fourth-order valence-corrected chi connectivity index (χ4v) is 1.54. The van der Waals surface area contributed by atoms with E-state index in [0.29, 0.717) is 13.2 Å². The third-order valence-corrected chi connectivity index (χ3v) is 2.44. The van der Waals surface area contributed by atoms with Crippen LogP contribution in [0.4, 0.5) is 17.6 Å². The SMILES string of the molecule is Fc1ccc(/C(=N\OCC2OCCO2)C(F)(F)F)cc1. The normalized spacial score (nSPS) is 17.5. The van der Waals surface area contributed by atoms with Crippen molar-refractivity contribution in [3.8, 4) is 0 Å². The van der Waals surface area contributed by atoms with Crippen LogP contribution in [-0.4, -0.2) is 38.0 Å². The van der Waals surface area contributed by atoms with Crippen LogP contribution in [0, 0.1) is 5.82 Å². The quantitative estimate of drug-likeness (QED) is 0.486. The van der Waals surface area contributed by atoms with Crippen molar-refractivity contribution in [3.05, 3.63) is 35.6 Å². The van der Waals surface area contributed by atoms with Gasteiger partial charge in [-0.3, -0.25) is 0 Å². The number of hydrogen-bond donors (Lipinski definition) is 0. The number of nitrogens with zero attached hydrogens (tertiary/aromatic N) is 1. The summed E-state index contributed by atoms with van der Waals surface area (Å²) in [6.45, 7) is 0.477. The molecule has 1 aliphatic rings. The van der Waals surface area contributed by atoms with Crippen LogP contribution in [0.2, 0.25) is 0 Å². The molecule has 1 saturated heterocycles. The molecule has 0 N–H and O–H groups in total. The Bertz CT molecular complexity index is 467. The van der Waals surface area contributed by atoms with Gasteiger partial charge in [-0.1, -0.05) is 5.16 Å². The van der Waals surface area contributed by atoms with Gasteiger partial charge in [0.15, 0.2) is 18.6 Å². The van der Waals surface area contributed by atoms with Crippen LogP contribution < -0.4 is 0 Å². The van der Waals surface area contributed by atoms with Crippen LogP contribution in [0.3, 0.4) is 0 Å². The number of benzene rings is 1. The average molecular weight is 293 g/mol. The first kappa shape index (κ1) is 14.7. The van der Waals surface area contributed by atoms with Gasteiger partial charge in [-0.05, 0) is 24.3 Å². The smallest absolute Gasteiger partial charge is 0.390 e. The molecule has 1 heterocycles. The van der Waals surface area contributed by atoms with Gasteiger partial charge < -0.3 is 14.3 Å². The van der Waals surface area contributed by atoms with E-state index in [1.54, 1.807) is 0 Å². The van der Waals surface area contributed by atoms with Crippen LogP contribution in [0.5, 0.6) is 0 Å². The Labute approximate surface area is 111 Å². The second kappa shape index (κ2) is 6.19. The molecule has 8 heteroatoms. The van der Waals surface area contributed by atoms with Gasteiger partial charge in [0.2, 0.25) is 0 Å². The van der Waals surface area contributed by atoms with E-state index in [-0.39, 0.29) is 12.2 Å². The monoisotopic (exact) mass is 293 g/mol. The Morgan fingerprint density at radius 1 is 1.20 bits per heavy atom. The van der Waals surface area contributed by atoms with Gasteiger partial charge in [-0.25, -0.2) is 4.39 Å². The molecule has 1 aliphatic heterocycles. The molecule has 0 atom stereocenters. The number of alkyl halides is 3. The van der Waals surface area contributed by atoms with Crippen molar-refractivity contribution >= 4 is 5.71 Å². The molecule has 4 nitrogen and oxygen atoms in total. The van der Waals surface area contributed by atoms with E-state index in [4.69, 9.17) is 9.47 Å². The average Bonchev–Trinajstić information content (AvgIpc) is 2.88. The molecule has 1 aromatic rings. The van der Waals surface area contributed by atoms with E-state index >= 15 is 0 Å². The van der Waals surface area contributed by atoms with E-state index < -0.39 is 24.0 Å². The van der Waals surface area contributed by atoms with Crippen molar-refractivity contribution < 1.29 is 31.9 Å². The first-order chi connectivity index (χ1) is 9.47. The minimum atomic E-state index is -4.71. The zero-order chi connectivity index (χ0) is 14.6. The second-order valence-electron chi connectivity index (χ2n) is 3.91. The minimum Gasteiger partial charge on any atom is -0.390 e. The van der Waals surface area contributed by atoms with Crippen molar-refractivity contribution in [2.24, 2.45) is 5.16 Å². The predicted molar refractivity (Wildman–Crippen MR) is 60.6 cm³/mol. The molecule has 0 unspecified atom stereocenters. The summed E-state index contributed by atoms with van der Waals surface area (Å²) in [6.07, 6.45) is -5.43. The van der Waals surface area contributed by atoms with Gasteiger partial charge in [0.05, 0.1) is 13.2 Å². The Morgan fingerprint density at radius 2 is 1.80 bits per heavy atom. The summed E-state index contributed by atoms with van der Waals surface area (Å²) in [4.78, 5) is 4.62. The summed E-state index contributed by atoms with van der Waals surface area (Å²) in [5, 5.41) is 3.07. The summed E-state index contributed by atoms with van der Waals surface area (Å²) in [5.41, 5.74) is -1.53. The molecule has 0 aromatic heterocycles. The van der Waals surface area contributed by atoms with Crippen LogP contribution in [-0.2, 0) is 14.3 Å². The highest BCUT2D eigenvalue weighted by atomic mass is 19.4. The Kier molecular flexibility index (Phi) is 4.56. The number of oxime groups is 1. The highest BCUT2D eigenvalue weighted by molar-refractivity contribution is 6.04. The number of hydrogen-bond acceptors (Lipinski definition) is 4. The number of rotatable bonds is 4. The maximum Gasteiger partial charge on any atom is 0.437 e. The van der Waals surface area contributed by atoms with Crippen LogP contribution in [0.25, 0.3) is 0 Å². The first-order valence-electron chi connectivity index (χ1n) is 5.73. The summed E-state index contributed by atoms with van der Waals surface area (Å²) in [6, 6.07) is 3.79. The zero-order valence-electron chi connectivity index (χ0n) is 10.2. The predicted octanol–water partition coefficient (Wildman–Crippen LogP) is 2.48. The third-order valence-electron chi connectivity index (χ3n) is 2.44. The molecule has 2 rings (SSSR count). The van der Waals surface area contributed by atoms with E-state index in [0.717, 1.165) is 24.3 Å². The van der Waals surface area contributed by atoms with Gasteiger partial charge >= 0.3 is 6.18 Å². The molecular formula is C12H11F4NO3. The van der Waals surface area contributed by atoms with Crippen LogP contribution in [0.1, 0.15) is 5.56 Å². The Balaban J connectivity index is 2.08. The minimum absolute atomic E-state index is 0.249. The van der Waals surface area contributed by atoms with E-state index in [2.05, 4.69) is 9.99 Å². The van der Waals surface area contributed by atoms with Gasteiger partial charge in [0.1, 0.15) is 5.82 Å². The summed E-state index contributed by atoms with van der Waals surface area (Å²) < 4.78 is 61.2. The lowest BCUT2D eigenvalue weighted by Crippen LogP contribution is -2.25. The molecule has 1 fully saturated rings. The molecule has 0 saturated carbocycles. The largest absolute Gasteiger partial charge is 0.437 e. The molecule has 0 aliphatic carbocycles. The Morgan fingerprint density at radius 3 is 2.35 bits per heavy atom. The van der Waals surface area contributed by atoms with E-state index in [1.165, 1.54) is 0 Å². The lowest BCUT2D eigenvalue weighted by atomic mass is 10.1. The second-order valence-corrected chi connectivity index (χ2v) is 3.91. The molecule has 0 amide bonds. The lowest BCUT2D eigenvalue weighted by molar-refractivity contribution is -0.0979. The number of halogens is 4. The fraction of sp³-hybridized carbons (Fsp3) is 0.417. The summed E-state index contributed by atoms with van der Waals surface area (Å²) in [5.74, 6) is -0.635. The van der Waals surface area contributed by atoms with E-state index in [9.17, 15) is 17.6 Å². The first-order valence-corrected chi connectivity index (χ1v) is 5.73. The maximum atomic E-state index is 12.8. The highest BCUT2D eigenvalue weighted by Crippen LogP contribution is 2.23. The number of ether oxygens (including phenoxy) is 2. The van der Waals surface area contributed by atoms with Crippen molar-refractivity contribution in [1.29, 1.82) is 0 Å². The van der Waals surface area contributed by atoms with Gasteiger partial charge in [-0.2, -0.15) is 13.2 Å². The summed E-state index contributed by atoms with van der Waals surface area (Å²) >= 11 is 0. The zero-order valence-corrected chi connectivity index (χ0v) is 10.2.